The number of ether oxygens (including phenoxy) is 2. The predicted octanol–water partition coefficient (Wildman–Crippen LogP) is 2.30. The van der Waals surface area contributed by atoms with Crippen molar-refractivity contribution >= 4 is 35.3 Å². The summed E-state index contributed by atoms with van der Waals surface area (Å²) >= 11 is 6.18. The molecule has 11 nitrogen and oxygen atoms in total. The van der Waals surface area contributed by atoms with Gasteiger partial charge in [0.15, 0.2) is 0 Å². The van der Waals surface area contributed by atoms with Gasteiger partial charge in [0.05, 0.1) is 12.7 Å². The van der Waals surface area contributed by atoms with Crippen LogP contribution in [0.2, 0.25) is 5.02 Å². The van der Waals surface area contributed by atoms with E-state index >= 15 is 0 Å². The smallest absolute Gasteiger partial charge is 0.328 e. The summed E-state index contributed by atoms with van der Waals surface area (Å²) in [7, 11) is 1.17. The minimum atomic E-state index is -1.44. The van der Waals surface area contributed by atoms with Crippen LogP contribution in [0.4, 0.5) is 0 Å². The lowest BCUT2D eigenvalue weighted by molar-refractivity contribution is -0.146. The number of hydrogen-bond donors (Lipinski definition) is 4. The van der Waals surface area contributed by atoms with Crippen LogP contribution in [-0.2, 0) is 32.0 Å². The quantitative estimate of drug-likeness (QED) is 0.296. The SMILES string of the molecule is COC(=O)C1CCC(=O)N(CCc2ccccc2)C[C@H](O)[C@@H](O)COc2cc(Cl)ccc2C(=O)NC(Cc2ccccc2)C(=O)N1. The van der Waals surface area contributed by atoms with Crippen molar-refractivity contribution in [3.63, 3.8) is 0 Å². The Labute approximate surface area is 272 Å². The fourth-order valence-corrected chi connectivity index (χ4v) is 5.21. The number of methoxy groups -OCH3 is 1. The Kier molecular flexibility index (Phi) is 12.5. The zero-order chi connectivity index (χ0) is 33.1. The summed E-state index contributed by atoms with van der Waals surface area (Å²) in [6.45, 7) is -0.424. The number of nitrogens with one attached hydrogen (secondary N) is 2. The summed E-state index contributed by atoms with van der Waals surface area (Å²) in [5.74, 6) is -2.47. The Bertz CT molecular complexity index is 1490. The molecule has 0 aliphatic carbocycles. The number of amides is 3. The minimum Gasteiger partial charge on any atom is -0.490 e. The number of aliphatic hydroxyl groups is 2. The first-order valence-electron chi connectivity index (χ1n) is 15.0. The maximum absolute atomic E-state index is 13.7. The topological polar surface area (TPSA) is 154 Å². The van der Waals surface area contributed by atoms with Crippen molar-refractivity contribution in [3.05, 3.63) is 101 Å². The number of aliphatic hydroxyl groups excluding tert-OH is 2. The van der Waals surface area contributed by atoms with Crippen LogP contribution in [0.1, 0.15) is 34.3 Å². The molecule has 0 saturated carbocycles. The number of esters is 1. The molecule has 0 spiro atoms. The summed E-state index contributed by atoms with van der Waals surface area (Å²) in [6, 6.07) is 20.4. The van der Waals surface area contributed by atoms with E-state index in [1.54, 1.807) is 24.3 Å². The zero-order valence-electron chi connectivity index (χ0n) is 25.4. The highest BCUT2D eigenvalue weighted by atomic mass is 35.5. The number of β-amino-alcohol motifs (C(OH)–C–C–N with tert-alkyl or cyclic N) is 1. The van der Waals surface area contributed by atoms with Gasteiger partial charge in [0.25, 0.3) is 5.91 Å². The molecule has 4 atom stereocenters. The molecule has 4 rings (SSSR count). The summed E-state index contributed by atoms with van der Waals surface area (Å²) < 4.78 is 10.7. The van der Waals surface area contributed by atoms with Crippen LogP contribution in [0.15, 0.2) is 78.9 Å². The standard InChI is InChI=1S/C34H38ClN3O8/c1-45-34(44)26-14-15-31(41)38(17-16-22-8-4-2-5-9-22)20-28(39)29(40)21-46-30-19-24(35)12-13-25(30)32(42)37-27(33(43)36-26)18-23-10-6-3-7-11-23/h2-13,19,26-29,39-40H,14-18,20-21H2,1H3,(H,36,43)(H,37,42)/t26?,27?,28-,29-/m0/s1. The van der Waals surface area contributed by atoms with E-state index in [1.807, 2.05) is 36.4 Å². The van der Waals surface area contributed by atoms with E-state index in [2.05, 4.69) is 10.6 Å². The summed E-state index contributed by atoms with van der Waals surface area (Å²) in [6.07, 6.45) is -2.55. The van der Waals surface area contributed by atoms with Gasteiger partial charge in [-0.25, -0.2) is 4.79 Å². The fraction of sp³-hybridized carbons (Fsp3) is 0.353. The van der Waals surface area contributed by atoms with Gasteiger partial charge in [-0.05, 0) is 42.2 Å². The van der Waals surface area contributed by atoms with Crippen LogP contribution < -0.4 is 15.4 Å². The number of halogens is 1. The maximum atomic E-state index is 13.7. The van der Waals surface area contributed by atoms with Gasteiger partial charge in [-0.15, -0.1) is 0 Å². The van der Waals surface area contributed by atoms with Gasteiger partial charge in [0.1, 0.15) is 36.6 Å². The van der Waals surface area contributed by atoms with Crippen LogP contribution in [0.3, 0.4) is 0 Å². The van der Waals surface area contributed by atoms with E-state index in [4.69, 9.17) is 21.1 Å². The third-order valence-corrected chi connectivity index (χ3v) is 7.90. The molecule has 1 aliphatic heterocycles. The van der Waals surface area contributed by atoms with Gasteiger partial charge in [0, 0.05) is 31.0 Å². The van der Waals surface area contributed by atoms with Crippen molar-refractivity contribution in [2.45, 2.75) is 50.0 Å². The predicted molar refractivity (Wildman–Crippen MR) is 170 cm³/mol. The minimum absolute atomic E-state index is 0.0175. The van der Waals surface area contributed by atoms with Crippen LogP contribution in [0.5, 0.6) is 5.75 Å². The number of carbonyl (C=O) groups excluding carboxylic acids is 4. The van der Waals surface area contributed by atoms with Crippen molar-refractivity contribution in [2.75, 3.05) is 26.8 Å². The van der Waals surface area contributed by atoms with E-state index in [-0.39, 0.29) is 48.7 Å². The summed E-state index contributed by atoms with van der Waals surface area (Å²) in [5.41, 5.74) is 1.75. The van der Waals surface area contributed by atoms with E-state index in [1.165, 1.54) is 30.2 Å². The van der Waals surface area contributed by atoms with E-state index in [0.29, 0.717) is 6.42 Å². The number of nitrogens with zero attached hydrogens (tertiary/aromatic N) is 1. The Morgan fingerprint density at radius 1 is 0.957 bits per heavy atom. The summed E-state index contributed by atoms with van der Waals surface area (Å²) in [5, 5.41) is 27.3. The highest BCUT2D eigenvalue weighted by Crippen LogP contribution is 2.24. The first kappa shape index (κ1) is 34.4. The number of fused-ring (bicyclic) bond motifs is 1. The third kappa shape index (κ3) is 9.77. The number of carbonyl (C=O) groups is 4. The first-order valence-corrected chi connectivity index (χ1v) is 15.4. The van der Waals surface area contributed by atoms with Crippen molar-refractivity contribution in [2.24, 2.45) is 0 Å². The molecule has 3 aromatic rings. The zero-order valence-corrected chi connectivity index (χ0v) is 26.2. The molecule has 0 bridgehead atoms. The average Bonchev–Trinajstić information content (AvgIpc) is 3.06. The van der Waals surface area contributed by atoms with Gasteiger partial charge in [-0.1, -0.05) is 72.3 Å². The molecule has 3 amide bonds. The Balaban J connectivity index is 1.67. The molecule has 0 radical (unpaired) electrons. The van der Waals surface area contributed by atoms with E-state index in [9.17, 15) is 29.4 Å². The normalized spacial score (nSPS) is 21.7. The van der Waals surface area contributed by atoms with Crippen molar-refractivity contribution < 1.29 is 38.9 Å². The molecule has 12 heteroatoms. The second kappa shape index (κ2) is 16.7. The van der Waals surface area contributed by atoms with Crippen LogP contribution in [0.25, 0.3) is 0 Å². The molecule has 0 fully saturated rings. The van der Waals surface area contributed by atoms with Gasteiger partial charge in [0.2, 0.25) is 11.8 Å². The van der Waals surface area contributed by atoms with Gasteiger partial charge >= 0.3 is 5.97 Å². The molecule has 4 N–H and O–H groups in total. The Morgan fingerprint density at radius 2 is 1.63 bits per heavy atom. The van der Waals surface area contributed by atoms with Gasteiger partial charge in [-0.2, -0.15) is 0 Å². The molecule has 0 saturated heterocycles. The lowest BCUT2D eigenvalue weighted by atomic mass is 10.0. The highest BCUT2D eigenvalue weighted by molar-refractivity contribution is 6.30. The third-order valence-electron chi connectivity index (χ3n) is 7.67. The lowest BCUT2D eigenvalue weighted by Crippen LogP contribution is -2.53. The molecular weight excluding hydrogens is 614 g/mol. The van der Waals surface area contributed by atoms with Crippen molar-refractivity contribution in [1.82, 2.24) is 15.5 Å². The Hall–Kier alpha value is -4.45. The van der Waals surface area contributed by atoms with Crippen molar-refractivity contribution in [3.8, 4) is 5.75 Å². The number of hydrogen-bond acceptors (Lipinski definition) is 8. The summed E-state index contributed by atoms with van der Waals surface area (Å²) in [4.78, 5) is 54.8. The molecule has 1 heterocycles. The monoisotopic (exact) mass is 651 g/mol. The van der Waals surface area contributed by atoms with E-state index < -0.39 is 54.6 Å². The molecule has 244 valence electrons. The second-order valence-corrected chi connectivity index (χ2v) is 11.4. The second-order valence-electron chi connectivity index (χ2n) is 11.0. The van der Waals surface area contributed by atoms with Gasteiger partial charge < -0.3 is 35.2 Å². The number of benzene rings is 3. The molecule has 1 aliphatic rings. The lowest BCUT2D eigenvalue weighted by Gasteiger charge is -2.28. The Morgan fingerprint density at radius 3 is 2.30 bits per heavy atom. The van der Waals surface area contributed by atoms with Crippen LogP contribution in [-0.4, -0.2) is 89.9 Å². The molecule has 2 unspecified atom stereocenters. The number of rotatable bonds is 6. The average molecular weight is 652 g/mol. The largest absolute Gasteiger partial charge is 0.490 e. The first-order chi connectivity index (χ1) is 22.1. The van der Waals surface area contributed by atoms with Crippen LogP contribution in [0, 0.1) is 0 Å². The van der Waals surface area contributed by atoms with Crippen molar-refractivity contribution in [1.29, 1.82) is 0 Å². The maximum Gasteiger partial charge on any atom is 0.328 e. The molecule has 46 heavy (non-hydrogen) atoms. The fourth-order valence-electron chi connectivity index (χ4n) is 5.05. The molecular formula is C34H38ClN3O8. The molecule has 0 aromatic heterocycles. The van der Waals surface area contributed by atoms with Crippen LogP contribution >= 0.6 is 11.6 Å². The van der Waals surface area contributed by atoms with E-state index in [0.717, 1.165) is 11.1 Å². The molecule has 3 aromatic carbocycles. The highest BCUT2D eigenvalue weighted by Gasteiger charge is 2.31. The van der Waals surface area contributed by atoms with Gasteiger partial charge in [-0.3, -0.25) is 14.4 Å².